The first kappa shape index (κ1) is 17.1. The molecule has 6 nitrogen and oxygen atoms in total. The van der Waals surface area contributed by atoms with Crippen molar-refractivity contribution in [3.8, 4) is 5.88 Å². The third kappa shape index (κ3) is 2.65. The first-order valence-electron chi connectivity index (χ1n) is 8.74. The molecule has 0 atom stereocenters. The van der Waals surface area contributed by atoms with Crippen LogP contribution in [0.4, 0.5) is 5.69 Å². The lowest BCUT2D eigenvalue weighted by Crippen LogP contribution is -2.26. The van der Waals surface area contributed by atoms with Crippen molar-refractivity contribution in [1.82, 2.24) is 9.55 Å². The summed E-state index contributed by atoms with van der Waals surface area (Å²) in [5.41, 5.74) is 4.46. The topological polar surface area (TPSA) is 79.8 Å². The van der Waals surface area contributed by atoms with Crippen molar-refractivity contribution in [3.05, 3.63) is 59.4 Å². The molecule has 27 heavy (non-hydrogen) atoms. The van der Waals surface area contributed by atoms with Gasteiger partial charge in [-0.15, -0.1) is 10.2 Å². The Balaban J connectivity index is 1.91. The van der Waals surface area contributed by atoms with Crippen LogP contribution in [0.5, 0.6) is 5.88 Å². The lowest BCUT2D eigenvalue weighted by Gasteiger charge is -2.31. The molecule has 4 rings (SSSR count). The number of pyridine rings is 1. The highest BCUT2D eigenvalue weighted by Crippen LogP contribution is 2.48. The normalized spacial score (nSPS) is 15.3. The Bertz CT molecular complexity index is 1140. The van der Waals surface area contributed by atoms with Crippen LogP contribution in [0.2, 0.25) is 0 Å². The summed E-state index contributed by atoms with van der Waals surface area (Å²) in [4.78, 5) is 16.2. The zero-order chi connectivity index (χ0) is 19.3. The van der Waals surface area contributed by atoms with Crippen LogP contribution in [0.15, 0.2) is 53.0 Å². The minimum Gasteiger partial charge on any atom is -0.493 e. The van der Waals surface area contributed by atoms with Gasteiger partial charge in [-0.25, -0.2) is 0 Å². The molecule has 0 saturated heterocycles. The van der Waals surface area contributed by atoms with Gasteiger partial charge in [0.1, 0.15) is 0 Å². The fourth-order valence-electron chi connectivity index (χ4n) is 3.81. The Labute approximate surface area is 156 Å². The molecule has 1 amide bonds. The quantitative estimate of drug-likeness (QED) is 0.644. The second-order valence-corrected chi connectivity index (χ2v) is 7.44. The van der Waals surface area contributed by atoms with Gasteiger partial charge in [0.05, 0.1) is 11.1 Å². The van der Waals surface area contributed by atoms with Crippen molar-refractivity contribution < 1.29 is 9.90 Å². The van der Waals surface area contributed by atoms with Gasteiger partial charge < -0.3 is 9.67 Å². The van der Waals surface area contributed by atoms with Crippen LogP contribution in [0.3, 0.4) is 0 Å². The summed E-state index contributed by atoms with van der Waals surface area (Å²) in [7, 11) is 0. The van der Waals surface area contributed by atoms with E-state index in [0.29, 0.717) is 11.3 Å². The summed E-state index contributed by atoms with van der Waals surface area (Å²) in [6, 6.07) is 7.23. The van der Waals surface area contributed by atoms with Crippen molar-refractivity contribution in [1.29, 1.82) is 0 Å². The number of hydrogen-bond acceptors (Lipinski definition) is 4. The molecular formula is C21H20N4O2. The van der Waals surface area contributed by atoms with Crippen LogP contribution in [0.1, 0.15) is 42.3 Å². The van der Waals surface area contributed by atoms with Gasteiger partial charge in [-0.1, -0.05) is 6.08 Å². The summed E-state index contributed by atoms with van der Waals surface area (Å²) in [6.07, 6.45) is 5.18. The van der Waals surface area contributed by atoms with Gasteiger partial charge in [0.2, 0.25) is 5.88 Å². The standard InChI is InChI=1S/C21H20N4O2/c1-12-9-15-13(2)11-21(3,4)25-18(15)16(10-12)17(20(25)27)23-24-19(26)14-5-7-22-8-6-14/h5-11,27H,1-4H3. The fraction of sp³-hybridized carbons (Fsp3) is 0.238. The minimum atomic E-state index is -0.478. The van der Waals surface area contributed by atoms with Crippen molar-refractivity contribution >= 4 is 28.1 Å². The lowest BCUT2D eigenvalue weighted by atomic mass is 9.91. The Morgan fingerprint density at radius 2 is 1.89 bits per heavy atom. The van der Waals surface area contributed by atoms with Crippen LogP contribution in [-0.2, 0) is 5.54 Å². The third-order valence-electron chi connectivity index (χ3n) is 4.90. The van der Waals surface area contributed by atoms with Crippen LogP contribution >= 0.6 is 0 Å². The fourth-order valence-corrected chi connectivity index (χ4v) is 3.81. The zero-order valence-corrected chi connectivity index (χ0v) is 15.7. The number of allylic oxidation sites excluding steroid dienone is 2. The van der Waals surface area contributed by atoms with E-state index in [1.165, 1.54) is 12.4 Å². The highest BCUT2D eigenvalue weighted by molar-refractivity contribution is 6.03. The van der Waals surface area contributed by atoms with E-state index in [4.69, 9.17) is 0 Å². The summed E-state index contributed by atoms with van der Waals surface area (Å²) >= 11 is 0. The van der Waals surface area contributed by atoms with Gasteiger partial charge in [0, 0.05) is 28.9 Å². The first-order chi connectivity index (χ1) is 12.8. The number of carbonyl (C=O) groups excluding carboxylic acids is 1. The van der Waals surface area contributed by atoms with Gasteiger partial charge >= 0.3 is 0 Å². The van der Waals surface area contributed by atoms with Crippen molar-refractivity contribution in [2.45, 2.75) is 33.2 Å². The van der Waals surface area contributed by atoms with Crippen molar-refractivity contribution in [2.75, 3.05) is 0 Å². The molecule has 3 heterocycles. The minimum absolute atomic E-state index is 0.0110. The zero-order valence-electron chi connectivity index (χ0n) is 15.7. The van der Waals surface area contributed by atoms with E-state index in [-0.39, 0.29) is 5.88 Å². The molecule has 1 aliphatic rings. The number of aromatic nitrogens is 2. The number of rotatable bonds is 2. The molecule has 0 radical (unpaired) electrons. The van der Waals surface area contributed by atoms with Crippen LogP contribution in [0.25, 0.3) is 16.5 Å². The van der Waals surface area contributed by atoms with Gasteiger partial charge in [-0.05, 0) is 63.1 Å². The number of nitrogens with zero attached hydrogens (tertiary/aromatic N) is 4. The monoisotopic (exact) mass is 360 g/mol. The smallest absolute Gasteiger partial charge is 0.295 e. The summed E-state index contributed by atoms with van der Waals surface area (Å²) in [5.74, 6) is -0.467. The Morgan fingerprint density at radius 3 is 2.59 bits per heavy atom. The second kappa shape index (κ2) is 5.87. The molecule has 1 N–H and O–H groups in total. The lowest BCUT2D eigenvalue weighted by molar-refractivity contribution is 0.0995. The predicted octanol–water partition coefficient (Wildman–Crippen LogP) is 5.13. The summed E-state index contributed by atoms with van der Waals surface area (Å²) < 4.78 is 1.86. The average molecular weight is 360 g/mol. The maximum atomic E-state index is 12.3. The highest BCUT2D eigenvalue weighted by atomic mass is 16.3. The molecule has 0 fully saturated rings. The Kier molecular flexibility index (Phi) is 3.73. The van der Waals surface area contributed by atoms with Crippen LogP contribution < -0.4 is 0 Å². The molecule has 0 spiro atoms. The maximum Gasteiger partial charge on any atom is 0.295 e. The second-order valence-electron chi connectivity index (χ2n) is 7.44. The molecule has 136 valence electrons. The van der Waals surface area contributed by atoms with E-state index in [9.17, 15) is 9.90 Å². The number of azo groups is 1. The van der Waals surface area contributed by atoms with E-state index in [2.05, 4.69) is 34.3 Å². The molecule has 3 aromatic rings. The number of benzene rings is 1. The van der Waals surface area contributed by atoms with Gasteiger partial charge in [-0.2, -0.15) is 0 Å². The number of amides is 1. The number of hydrogen-bond donors (Lipinski definition) is 1. The van der Waals surface area contributed by atoms with Crippen LogP contribution in [-0.4, -0.2) is 20.6 Å². The molecule has 0 aliphatic carbocycles. The summed E-state index contributed by atoms with van der Waals surface area (Å²) in [5, 5.41) is 19.7. The van der Waals surface area contributed by atoms with E-state index < -0.39 is 11.4 Å². The van der Waals surface area contributed by atoms with E-state index in [1.807, 2.05) is 31.4 Å². The number of aryl methyl sites for hydroxylation is 1. The third-order valence-corrected chi connectivity index (χ3v) is 4.90. The van der Waals surface area contributed by atoms with E-state index in [1.54, 1.807) is 12.1 Å². The molecule has 6 heteroatoms. The molecule has 0 saturated carbocycles. The number of carbonyl (C=O) groups is 1. The maximum absolute atomic E-state index is 12.3. The predicted molar refractivity (Wildman–Crippen MR) is 104 cm³/mol. The largest absolute Gasteiger partial charge is 0.493 e. The van der Waals surface area contributed by atoms with Gasteiger partial charge in [-0.3, -0.25) is 9.78 Å². The van der Waals surface area contributed by atoms with Gasteiger partial charge in [0.25, 0.3) is 5.91 Å². The van der Waals surface area contributed by atoms with E-state index in [0.717, 1.165) is 27.6 Å². The molecule has 2 aromatic heterocycles. The average Bonchev–Trinajstić information content (AvgIpc) is 2.90. The van der Waals surface area contributed by atoms with E-state index >= 15 is 0 Å². The first-order valence-corrected chi connectivity index (χ1v) is 8.74. The molecule has 1 aliphatic heterocycles. The van der Waals surface area contributed by atoms with Crippen molar-refractivity contribution in [2.24, 2.45) is 10.2 Å². The Morgan fingerprint density at radius 1 is 1.19 bits per heavy atom. The highest BCUT2D eigenvalue weighted by Gasteiger charge is 2.32. The molecule has 0 unspecified atom stereocenters. The number of aromatic hydroxyl groups is 1. The summed E-state index contributed by atoms with van der Waals surface area (Å²) in [6.45, 7) is 8.13. The molecular weight excluding hydrogens is 340 g/mol. The van der Waals surface area contributed by atoms with Crippen molar-refractivity contribution in [3.63, 3.8) is 0 Å². The Hall–Kier alpha value is -3.28. The SMILES string of the molecule is CC1=CC(C)(C)n2c(O)c(N=NC(=O)c3ccncc3)c3cc(C)cc1c32. The molecule has 0 bridgehead atoms. The molecule has 1 aromatic carbocycles. The van der Waals surface area contributed by atoms with Gasteiger partial charge in [0.15, 0.2) is 5.69 Å². The van der Waals surface area contributed by atoms with Crippen LogP contribution in [0, 0.1) is 6.92 Å².